The second-order valence-corrected chi connectivity index (χ2v) is 5.20. The van der Waals surface area contributed by atoms with Crippen LogP contribution in [0.1, 0.15) is 33.1 Å². The summed E-state index contributed by atoms with van der Waals surface area (Å²) >= 11 is 0. The molecule has 5 heteroatoms. The van der Waals surface area contributed by atoms with Crippen molar-refractivity contribution in [1.29, 1.82) is 0 Å². The van der Waals surface area contributed by atoms with E-state index in [1.54, 1.807) is 7.11 Å². The Labute approximate surface area is 107 Å². The summed E-state index contributed by atoms with van der Waals surface area (Å²) in [5, 5.41) is 0. The Morgan fingerprint density at radius 1 is 1.28 bits per heavy atom. The second-order valence-electron chi connectivity index (χ2n) is 5.20. The van der Waals surface area contributed by atoms with Gasteiger partial charge in [-0.05, 0) is 25.8 Å². The first kappa shape index (κ1) is 15.8. The Hall–Kier alpha value is -0.290. The first-order valence-corrected chi connectivity index (χ1v) is 6.73. The molecule has 1 aliphatic heterocycles. The van der Waals surface area contributed by atoms with Crippen LogP contribution in [0.3, 0.4) is 0 Å². The summed E-state index contributed by atoms with van der Waals surface area (Å²) in [7, 11) is 1.66. The molecule has 2 nitrogen and oxygen atoms in total. The molecule has 0 N–H and O–H groups in total. The predicted octanol–water partition coefficient (Wildman–Crippen LogP) is 3.32. The Kier molecular flexibility index (Phi) is 5.46. The number of methoxy groups -OCH3 is 1. The zero-order chi connectivity index (χ0) is 13.8. The van der Waals surface area contributed by atoms with Gasteiger partial charge in [0.15, 0.2) is 0 Å². The van der Waals surface area contributed by atoms with E-state index >= 15 is 0 Å². The topological polar surface area (TPSA) is 12.5 Å². The van der Waals surface area contributed by atoms with Crippen LogP contribution in [0.5, 0.6) is 0 Å². The molecule has 1 saturated heterocycles. The van der Waals surface area contributed by atoms with E-state index in [2.05, 4.69) is 0 Å². The van der Waals surface area contributed by atoms with Gasteiger partial charge in [0.25, 0.3) is 0 Å². The van der Waals surface area contributed by atoms with Gasteiger partial charge in [-0.15, -0.1) is 0 Å². The molecule has 0 aromatic rings. The Balaban J connectivity index is 0.000000771. The minimum atomic E-state index is -4.02. The van der Waals surface area contributed by atoms with Crippen molar-refractivity contribution in [3.05, 3.63) is 0 Å². The molecule has 1 aliphatic carbocycles. The number of nitrogens with zero attached hydrogens (tertiary/aromatic N) is 1. The van der Waals surface area contributed by atoms with Gasteiger partial charge < -0.3 is 9.64 Å². The highest BCUT2D eigenvalue weighted by Crippen LogP contribution is 2.47. The number of ether oxygens (including phenoxy) is 1. The molecule has 0 aromatic carbocycles. The maximum atomic E-state index is 12.5. The predicted molar refractivity (Wildman–Crippen MR) is 65.5 cm³/mol. The van der Waals surface area contributed by atoms with E-state index in [4.69, 9.17) is 4.74 Å². The summed E-state index contributed by atoms with van der Waals surface area (Å²) in [6.07, 6.45) is -1.58. The number of likely N-dealkylation sites (tertiary alicyclic amines) is 1. The molecule has 0 bridgehead atoms. The summed E-state index contributed by atoms with van der Waals surface area (Å²) < 4.78 is 42.6. The fraction of sp³-hybridized carbons (Fsp3) is 1.00. The fourth-order valence-electron chi connectivity index (χ4n) is 2.55. The molecule has 0 radical (unpaired) electrons. The van der Waals surface area contributed by atoms with Gasteiger partial charge in [-0.3, -0.25) is 0 Å². The molecule has 1 heterocycles. The molecule has 0 spiro atoms. The molecule has 2 fully saturated rings. The summed E-state index contributed by atoms with van der Waals surface area (Å²) in [4.78, 5) is 1.95. The number of alkyl halides is 3. The number of halogens is 3. The van der Waals surface area contributed by atoms with Crippen LogP contribution in [0.15, 0.2) is 0 Å². The Bertz CT molecular complexity index is 251. The number of hydrogen-bond donors (Lipinski definition) is 0. The third-order valence-corrected chi connectivity index (χ3v) is 3.70. The SMILES string of the molecule is CC.COCC1(CN2CCC(C(F)(F)F)C2)CC1. The Morgan fingerprint density at radius 2 is 1.89 bits per heavy atom. The minimum absolute atomic E-state index is 0.162. The highest BCUT2D eigenvalue weighted by Gasteiger charge is 2.48. The zero-order valence-corrected chi connectivity index (χ0v) is 11.5. The lowest BCUT2D eigenvalue weighted by molar-refractivity contribution is -0.170. The molecular weight excluding hydrogens is 243 g/mol. The summed E-state index contributed by atoms with van der Waals surface area (Å²) in [6.45, 7) is 6.21. The molecule has 1 saturated carbocycles. The maximum Gasteiger partial charge on any atom is 0.393 e. The van der Waals surface area contributed by atoms with E-state index in [0.29, 0.717) is 13.2 Å². The standard InChI is InChI=1S/C11H18F3NO.C2H6/c1-16-8-10(3-4-10)7-15-5-2-9(6-15)11(12,13)14;1-2/h9H,2-8H2,1H3;1-2H3. The van der Waals surface area contributed by atoms with E-state index in [-0.39, 0.29) is 18.4 Å². The third-order valence-electron chi connectivity index (χ3n) is 3.70. The van der Waals surface area contributed by atoms with Gasteiger partial charge >= 0.3 is 6.18 Å². The lowest BCUT2D eigenvalue weighted by Gasteiger charge is -2.23. The van der Waals surface area contributed by atoms with E-state index in [9.17, 15) is 13.2 Å². The molecule has 1 unspecified atom stereocenters. The van der Waals surface area contributed by atoms with Crippen LogP contribution in [-0.2, 0) is 4.74 Å². The summed E-state index contributed by atoms with van der Waals surface area (Å²) in [5.41, 5.74) is 0.162. The van der Waals surface area contributed by atoms with Crippen molar-refractivity contribution >= 4 is 0 Å². The van der Waals surface area contributed by atoms with Crippen LogP contribution < -0.4 is 0 Å². The van der Waals surface area contributed by atoms with Crippen LogP contribution in [0.25, 0.3) is 0 Å². The van der Waals surface area contributed by atoms with Crippen LogP contribution in [0, 0.1) is 11.3 Å². The largest absolute Gasteiger partial charge is 0.393 e. The van der Waals surface area contributed by atoms with Crippen molar-refractivity contribution in [3.8, 4) is 0 Å². The zero-order valence-electron chi connectivity index (χ0n) is 11.5. The highest BCUT2D eigenvalue weighted by atomic mass is 19.4. The first-order chi connectivity index (χ1) is 8.45. The maximum absolute atomic E-state index is 12.5. The van der Waals surface area contributed by atoms with Gasteiger partial charge in [0.1, 0.15) is 0 Å². The van der Waals surface area contributed by atoms with Gasteiger partial charge in [-0.1, -0.05) is 13.8 Å². The van der Waals surface area contributed by atoms with Crippen molar-refractivity contribution in [2.45, 2.75) is 39.3 Å². The average molecular weight is 267 g/mol. The van der Waals surface area contributed by atoms with Gasteiger partial charge in [0.05, 0.1) is 12.5 Å². The second kappa shape index (κ2) is 6.24. The molecule has 0 aromatic heterocycles. The smallest absolute Gasteiger partial charge is 0.384 e. The van der Waals surface area contributed by atoms with Gasteiger partial charge in [-0.25, -0.2) is 0 Å². The molecule has 0 amide bonds. The number of rotatable bonds is 4. The van der Waals surface area contributed by atoms with Crippen LogP contribution in [0.2, 0.25) is 0 Å². The lowest BCUT2D eigenvalue weighted by Crippen LogP contribution is -2.33. The van der Waals surface area contributed by atoms with Crippen molar-refractivity contribution in [1.82, 2.24) is 4.90 Å². The monoisotopic (exact) mass is 267 g/mol. The van der Waals surface area contributed by atoms with E-state index in [0.717, 1.165) is 19.4 Å². The van der Waals surface area contributed by atoms with Gasteiger partial charge in [0.2, 0.25) is 0 Å². The van der Waals surface area contributed by atoms with Crippen LogP contribution in [0.4, 0.5) is 13.2 Å². The summed E-state index contributed by atoms with van der Waals surface area (Å²) in [5.74, 6) is -1.12. The highest BCUT2D eigenvalue weighted by molar-refractivity contribution is 4.97. The van der Waals surface area contributed by atoms with Crippen molar-refractivity contribution in [2.75, 3.05) is 33.4 Å². The van der Waals surface area contributed by atoms with E-state index in [1.807, 2.05) is 18.7 Å². The van der Waals surface area contributed by atoms with E-state index in [1.165, 1.54) is 0 Å². The van der Waals surface area contributed by atoms with E-state index < -0.39 is 12.1 Å². The average Bonchev–Trinajstić information content (AvgIpc) is 2.88. The molecular formula is C13H24F3NO. The van der Waals surface area contributed by atoms with Gasteiger partial charge in [-0.2, -0.15) is 13.2 Å². The molecule has 108 valence electrons. The van der Waals surface area contributed by atoms with Crippen molar-refractivity contribution in [2.24, 2.45) is 11.3 Å². The van der Waals surface area contributed by atoms with Crippen molar-refractivity contribution in [3.63, 3.8) is 0 Å². The molecule has 2 aliphatic rings. The van der Waals surface area contributed by atoms with Crippen LogP contribution in [-0.4, -0.2) is 44.4 Å². The Morgan fingerprint density at radius 3 is 2.28 bits per heavy atom. The molecule has 18 heavy (non-hydrogen) atoms. The quantitative estimate of drug-likeness (QED) is 0.774. The van der Waals surface area contributed by atoms with Gasteiger partial charge in [0, 0.05) is 25.6 Å². The minimum Gasteiger partial charge on any atom is -0.384 e. The fourth-order valence-corrected chi connectivity index (χ4v) is 2.55. The number of hydrogen-bond acceptors (Lipinski definition) is 2. The lowest BCUT2D eigenvalue weighted by atomic mass is 10.1. The van der Waals surface area contributed by atoms with Crippen LogP contribution >= 0.6 is 0 Å². The summed E-state index contributed by atoms with van der Waals surface area (Å²) in [6, 6.07) is 0. The normalized spacial score (nSPS) is 26.7. The molecule has 1 atom stereocenters. The third kappa shape index (κ3) is 4.12. The first-order valence-electron chi connectivity index (χ1n) is 6.73. The van der Waals surface area contributed by atoms with Crippen molar-refractivity contribution < 1.29 is 17.9 Å². The molecule has 2 rings (SSSR count).